The van der Waals surface area contributed by atoms with Crippen LogP contribution >= 0.6 is 0 Å². The number of amides is 2. The maximum absolute atomic E-state index is 12.6. The number of carbonyl (C=O) groups is 2. The molecule has 0 saturated carbocycles. The number of pyridine rings is 1. The molecule has 1 saturated heterocycles. The summed E-state index contributed by atoms with van der Waals surface area (Å²) in [6.45, 7) is 4.12. The number of nitrogens with one attached hydrogen (secondary N) is 1. The summed E-state index contributed by atoms with van der Waals surface area (Å²) < 4.78 is 0. The molecule has 2 aliphatic heterocycles. The number of benzene rings is 1. The number of nitrogens with zero attached hydrogens (tertiary/aromatic N) is 3. The van der Waals surface area contributed by atoms with E-state index in [1.165, 1.54) is 5.56 Å². The fourth-order valence-corrected chi connectivity index (χ4v) is 4.01. The van der Waals surface area contributed by atoms with Gasteiger partial charge in [-0.25, -0.2) is 0 Å². The second-order valence-corrected chi connectivity index (χ2v) is 7.60. The number of aromatic nitrogens is 1. The largest absolute Gasteiger partial charge is 0.340 e. The molecule has 0 aliphatic carbocycles. The average Bonchev–Trinajstić information content (AvgIpc) is 2.73. The molecule has 1 atom stereocenters. The van der Waals surface area contributed by atoms with Crippen molar-refractivity contribution < 1.29 is 9.59 Å². The molecule has 6 nitrogen and oxygen atoms in total. The molecular formula is C22H26N4O2. The Kier molecular flexibility index (Phi) is 5.67. The van der Waals surface area contributed by atoms with E-state index in [4.69, 9.17) is 0 Å². The van der Waals surface area contributed by atoms with E-state index in [2.05, 4.69) is 21.3 Å². The Balaban J connectivity index is 1.23. The van der Waals surface area contributed by atoms with Crippen molar-refractivity contribution in [3.8, 4) is 0 Å². The molecule has 3 heterocycles. The van der Waals surface area contributed by atoms with E-state index in [9.17, 15) is 9.59 Å². The van der Waals surface area contributed by atoms with Crippen LogP contribution < -0.4 is 5.32 Å². The molecule has 6 heteroatoms. The summed E-state index contributed by atoms with van der Waals surface area (Å²) in [5.74, 6) is 0.0752. The van der Waals surface area contributed by atoms with Crippen LogP contribution in [0.25, 0.3) is 0 Å². The van der Waals surface area contributed by atoms with E-state index >= 15 is 0 Å². The van der Waals surface area contributed by atoms with Gasteiger partial charge in [0.1, 0.15) is 0 Å². The first-order chi connectivity index (χ1) is 13.7. The third-order valence-electron chi connectivity index (χ3n) is 5.67. The molecule has 0 radical (unpaired) electrons. The Bertz CT molecular complexity index is 831. The van der Waals surface area contributed by atoms with Gasteiger partial charge in [-0.2, -0.15) is 0 Å². The van der Waals surface area contributed by atoms with Gasteiger partial charge in [0.25, 0.3) is 0 Å². The quantitative estimate of drug-likeness (QED) is 0.867. The summed E-state index contributed by atoms with van der Waals surface area (Å²) in [6.07, 6.45) is 5.43. The Morgan fingerprint density at radius 2 is 1.93 bits per heavy atom. The van der Waals surface area contributed by atoms with Crippen LogP contribution in [0.15, 0.2) is 48.8 Å². The van der Waals surface area contributed by atoms with Gasteiger partial charge in [-0.15, -0.1) is 0 Å². The lowest BCUT2D eigenvalue weighted by molar-refractivity contribution is -0.133. The van der Waals surface area contributed by atoms with Gasteiger partial charge in [0.05, 0.1) is 0 Å². The van der Waals surface area contributed by atoms with Gasteiger partial charge in [-0.3, -0.25) is 19.5 Å². The van der Waals surface area contributed by atoms with Crippen LogP contribution in [-0.4, -0.2) is 52.8 Å². The Labute approximate surface area is 165 Å². The average molecular weight is 378 g/mol. The molecule has 4 rings (SSSR count). The zero-order valence-corrected chi connectivity index (χ0v) is 16.0. The molecule has 1 fully saturated rings. The molecule has 1 unspecified atom stereocenters. The molecule has 0 spiro atoms. The highest BCUT2D eigenvalue weighted by Crippen LogP contribution is 2.27. The Hall–Kier alpha value is -2.73. The molecule has 146 valence electrons. The molecule has 2 amide bonds. The number of anilines is 1. The van der Waals surface area contributed by atoms with Crippen molar-refractivity contribution in [1.82, 2.24) is 14.8 Å². The van der Waals surface area contributed by atoms with Gasteiger partial charge in [-0.05, 0) is 36.1 Å². The normalized spacial score (nSPS) is 19.8. The van der Waals surface area contributed by atoms with Crippen molar-refractivity contribution in [1.29, 1.82) is 0 Å². The summed E-state index contributed by atoms with van der Waals surface area (Å²) >= 11 is 0. The predicted octanol–water partition coefficient (Wildman–Crippen LogP) is 2.32. The number of fused-ring (bicyclic) bond motifs is 1. The highest BCUT2D eigenvalue weighted by Gasteiger charge is 2.28. The molecule has 1 aromatic carbocycles. The molecule has 2 aromatic rings. The van der Waals surface area contributed by atoms with Crippen molar-refractivity contribution in [3.05, 3.63) is 59.9 Å². The van der Waals surface area contributed by atoms with Crippen LogP contribution in [0.4, 0.5) is 5.69 Å². The third-order valence-corrected chi connectivity index (χ3v) is 5.67. The number of piperazine rings is 1. The number of rotatable bonds is 5. The van der Waals surface area contributed by atoms with E-state index < -0.39 is 0 Å². The predicted molar refractivity (Wildman–Crippen MR) is 108 cm³/mol. The summed E-state index contributed by atoms with van der Waals surface area (Å²) in [4.78, 5) is 33.4. The maximum Gasteiger partial charge on any atom is 0.227 e. The third kappa shape index (κ3) is 4.39. The van der Waals surface area contributed by atoms with Crippen LogP contribution in [0.3, 0.4) is 0 Å². The van der Waals surface area contributed by atoms with E-state index in [0.717, 1.165) is 44.0 Å². The Morgan fingerprint density at radius 1 is 1.11 bits per heavy atom. The highest BCUT2D eigenvalue weighted by atomic mass is 16.2. The van der Waals surface area contributed by atoms with Gasteiger partial charge >= 0.3 is 0 Å². The summed E-state index contributed by atoms with van der Waals surface area (Å²) in [7, 11) is 0. The second-order valence-electron chi connectivity index (χ2n) is 7.60. The number of carbonyl (C=O) groups excluding carboxylic acids is 2. The minimum atomic E-state index is -0.120. The second kappa shape index (κ2) is 8.52. The van der Waals surface area contributed by atoms with Crippen molar-refractivity contribution in [2.45, 2.75) is 25.8 Å². The van der Waals surface area contributed by atoms with Crippen LogP contribution in [0.2, 0.25) is 0 Å². The van der Waals surface area contributed by atoms with Gasteiger partial charge in [0.15, 0.2) is 0 Å². The molecule has 0 bridgehead atoms. The SMILES string of the molecule is O=C1Nc2ccccc2CC1CCC(=O)N1CCN(Cc2cccnc2)CC1. The van der Waals surface area contributed by atoms with Gasteiger partial charge < -0.3 is 10.2 Å². The standard InChI is InChI=1S/C22H26N4O2/c27-21(8-7-19-14-18-5-1-2-6-20(18)24-22(19)28)26-12-10-25(11-13-26)16-17-4-3-9-23-15-17/h1-6,9,15,19H,7-8,10-14,16H2,(H,24,28). The minimum absolute atomic E-state index is 0.0350. The highest BCUT2D eigenvalue weighted by molar-refractivity contribution is 5.96. The fraction of sp³-hybridized carbons (Fsp3) is 0.409. The number of para-hydroxylation sites is 1. The molecule has 1 aromatic heterocycles. The topological polar surface area (TPSA) is 65.5 Å². The first-order valence-electron chi connectivity index (χ1n) is 9.97. The minimum Gasteiger partial charge on any atom is -0.340 e. The van der Waals surface area contributed by atoms with Gasteiger partial charge in [-0.1, -0.05) is 24.3 Å². The maximum atomic E-state index is 12.6. The van der Waals surface area contributed by atoms with Crippen molar-refractivity contribution in [3.63, 3.8) is 0 Å². The van der Waals surface area contributed by atoms with Crippen LogP contribution in [0.1, 0.15) is 24.0 Å². The molecular weight excluding hydrogens is 352 g/mol. The molecule has 2 aliphatic rings. The van der Waals surface area contributed by atoms with E-state index in [1.54, 1.807) is 6.20 Å². The van der Waals surface area contributed by atoms with Crippen molar-refractivity contribution in [2.24, 2.45) is 5.92 Å². The first-order valence-corrected chi connectivity index (χ1v) is 9.97. The smallest absolute Gasteiger partial charge is 0.227 e. The molecule has 28 heavy (non-hydrogen) atoms. The summed E-state index contributed by atoms with van der Waals surface area (Å²) in [5, 5.41) is 2.97. The summed E-state index contributed by atoms with van der Waals surface area (Å²) in [6, 6.07) is 11.9. The summed E-state index contributed by atoms with van der Waals surface area (Å²) in [5.41, 5.74) is 3.26. The number of hydrogen-bond acceptors (Lipinski definition) is 4. The van der Waals surface area contributed by atoms with Crippen LogP contribution in [0, 0.1) is 5.92 Å². The lowest BCUT2D eigenvalue weighted by Gasteiger charge is -2.35. The van der Waals surface area contributed by atoms with Gasteiger partial charge in [0, 0.05) is 63.1 Å². The van der Waals surface area contributed by atoms with E-state index in [0.29, 0.717) is 19.3 Å². The van der Waals surface area contributed by atoms with Gasteiger partial charge in [0.2, 0.25) is 11.8 Å². The first kappa shape index (κ1) is 18.6. The van der Waals surface area contributed by atoms with Crippen LogP contribution in [-0.2, 0) is 22.6 Å². The lowest BCUT2D eigenvalue weighted by Crippen LogP contribution is -2.48. The zero-order valence-electron chi connectivity index (χ0n) is 16.0. The van der Waals surface area contributed by atoms with E-state index in [-0.39, 0.29) is 17.7 Å². The molecule has 1 N–H and O–H groups in total. The fourth-order valence-electron chi connectivity index (χ4n) is 4.01. The lowest BCUT2D eigenvalue weighted by atomic mass is 9.89. The van der Waals surface area contributed by atoms with Crippen molar-refractivity contribution in [2.75, 3.05) is 31.5 Å². The van der Waals surface area contributed by atoms with E-state index in [1.807, 2.05) is 41.4 Å². The monoisotopic (exact) mass is 378 g/mol. The van der Waals surface area contributed by atoms with Crippen LogP contribution in [0.5, 0.6) is 0 Å². The van der Waals surface area contributed by atoms with Crippen molar-refractivity contribution >= 4 is 17.5 Å². The zero-order chi connectivity index (χ0) is 19.3. The Morgan fingerprint density at radius 3 is 2.71 bits per heavy atom. The number of hydrogen-bond donors (Lipinski definition) is 1.